The van der Waals surface area contributed by atoms with E-state index in [0.29, 0.717) is 12.3 Å². The fourth-order valence-electron chi connectivity index (χ4n) is 1.76. The van der Waals surface area contributed by atoms with E-state index in [1.165, 1.54) is 4.88 Å². The van der Waals surface area contributed by atoms with Gasteiger partial charge in [0.1, 0.15) is 11.7 Å². The van der Waals surface area contributed by atoms with Crippen molar-refractivity contribution in [2.45, 2.75) is 25.8 Å². The second kappa shape index (κ2) is 6.20. The molecular weight excluding hydrogens is 248 g/mol. The van der Waals surface area contributed by atoms with Crippen molar-refractivity contribution in [1.29, 1.82) is 0 Å². The molecule has 0 saturated carbocycles. The molecule has 0 aliphatic carbocycles. The van der Waals surface area contributed by atoms with Crippen LogP contribution >= 0.6 is 11.3 Å². The molecule has 3 N–H and O–H groups in total. The molecule has 0 unspecified atom stereocenters. The van der Waals surface area contributed by atoms with Crippen LogP contribution in [0, 0.1) is 0 Å². The standard InChI is InChI=1S/C12H16N4OS/c13-11(15-17)5-1-2-7-16-8-6-14-12(16)10-4-3-9-18-10/h3-4,6,8-9,17H,1-2,5,7H2,(H2,13,15). The van der Waals surface area contributed by atoms with Crippen LogP contribution in [0.2, 0.25) is 0 Å². The average molecular weight is 264 g/mol. The summed E-state index contributed by atoms with van der Waals surface area (Å²) in [4.78, 5) is 5.55. The minimum atomic E-state index is 0.291. The zero-order valence-electron chi connectivity index (χ0n) is 9.99. The lowest BCUT2D eigenvalue weighted by molar-refractivity contribution is 0.316. The molecule has 5 nitrogen and oxygen atoms in total. The number of rotatable bonds is 6. The molecule has 96 valence electrons. The molecule has 0 spiro atoms. The zero-order chi connectivity index (χ0) is 12.8. The molecule has 0 aliphatic heterocycles. The Hall–Kier alpha value is -1.82. The Labute approximate surface area is 110 Å². The Morgan fingerprint density at radius 3 is 3.11 bits per heavy atom. The van der Waals surface area contributed by atoms with Crippen LogP contribution in [0.25, 0.3) is 10.7 Å². The molecule has 6 heteroatoms. The highest BCUT2D eigenvalue weighted by Gasteiger charge is 2.06. The average Bonchev–Trinajstić information content (AvgIpc) is 3.04. The number of imidazole rings is 1. The lowest BCUT2D eigenvalue weighted by Gasteiger charge is -2.06. The molecule has 2 rings (SSSR count). The van der Waals surface area contributed by atoms with E-state index in [2.05, 4.69) is 20.8 Å². The summed E-state index contributed by atoms with van der Waals surface area (Å²) in [6, 6.07) is 4.09. The molecule has 0 atom stereocenters. The van der Waals surface area contributed by atoms with Crippen LogP contribution in [-0.2, 0) is 6.54 Å². The topological polar surface area (TPSA) is 76.4 Å². The number of thiophene rings is 1. The maximum Gasteiger partial charge on any atom is 0.149 e. The van der Waals surface area contributed by atoms with Crippen LogP contribution in [0.15, 0.2) is 35.1 Å². The Morgan fingerprint density at radius 1 is 1.50 bits per heavy atom. The predicted molar refractivity (Wildman–Crippen MR) is 72.8 cm³/mol. The Morgan fingerprint density at radius 2 is 2.39 bits per heavy atom. The van der Waals surface area contributed by atoms with Crippen molar-refractivity contribution in [3.8, 4) is 10.7 Å². The summed E-state index contributed by atoms with van der Waals surface area (Å²) in [6.07, 6.45) is 6.31. The van der Waals surface area contributed by atoms with Gasteiger partial charge in [0.15, 0.2) is 0 Å². The second-order valence-electron chi connectivity index (χ2n) is 3.97. The van der Waals surface area contributed by atoms with Gasteiger partial charge in [0, 0.05) is 25.4 Å². The molecule has 0 aromatic carbocycles. The SMILES string of the molecule is NC(CCCCn1ccnc1-c1cccs1)=NO. The maximum atomic E-state index is 8.44. The number of aryl methyl sites for hydroxylation is 1. The molecule has 0 aliphatic rings. The molecular formula is C12H16N4OS. The van der Waals surface area contributed by atoms with E-state index >= 15 is 0 Å². The van der Waals surface area contributed by atoms with Crippen molar-refractivity contribution in [2.75, 3.05) is 0 Å². The van der Waals surface area contributed by atoms with Crippen LogP contribution in [0.1, 0.15) is 19.3 Å². The molecule has 0 bridgehead atoms. The number of nitrogens with zero attached hydrogens (tertiary/aromatic N) is 3. The third-order valence-corrected chi connectivity index (χ3v) is 3.53. The van der Waals surface area contributed by atoms with Crippen molar-refractivity contribution >= 4 is 17.2 Å². The third kappa shape index (κ3) is 3.10. The lowest BCUT2D eigenvalue weighted by atomic mass is 10.2. The van der Waals surface area contributed by atoms with Gasteiger partial charge in [0.25, 0.3) is 0 Å². The quantitative estimate of drug-likeness (QED) is 0.277. The molecule has 0 amide bonds. The van der Waals surface area contributed by atoms with Gasteiger partial charge in [0.05, 0.1) is 4.88 Å². The van der Waals surface area contributed by atoms with E-state index in [1.54, 1.807) is 11.3 Å². The summed E-state index contributed by atoms with van der Waals surface area (Å²) >= 11 is 1.69. The van der Waals surface area contributed by atoms with E-state index in [-0.39, 0.29) is 0 Å². The first kappa shape index (κ1) is 12.6. The minimum Gasteiger partial charge on any atom is -0.409 e. The zero-order valence-corrected chi connectivity index (χ0v) is 10.8. The van der Waals surface area contributed by atoms with Crippen LogP contribution < -0.4 is 5.73 Å². The molecule has 2 aromatic rings. The van der Waals surface area contributed by atoms with Crippen LogP contribution in [-0.4, -0.2) is 20.6 Å². The van der Waals surface area contributed by atoms with Crippen molar-refractivity contribution < 1.29 is 5.21 Å². The van der Waals surface area contributed by atoms with Gasteiger partial charge in [0.2, 0.25) is 0 Å². The first-order valence-corrected chi connectivity index (χ1v) is 6.70. The second-order valence-corrected chi connectivity index (χ2v) is 4.92. The number of hydrogen-bond donors (Lipinski definition) is 2. The molecule has 18 heavy (non-hydrogen) atoms. The maximum absolute atomic E-state index is 8.44. The number of hydrogen-bond acceptors (Lipinski definition) is 4. The lowest BCUT2D eigenvalue weighted by Crippen LogP contribution is -2.11. The van der Waals surface area contributed by atoms with Crippen molar-refractivity contribution in [1.82, 2.24) is 9.55 Å². The minimum absolute atomic E-state index is 0.291. The van der Waals surface area contributed by atoms with Gasteiger partial charge in [-0.2, -0.15) is 0 Å². The molecule has 0 radical (unpaired) electrons. The number of nitrogens with two attached hydrogens (primary N) is 1. The van der Waals surface area contributed by atoms with Crippen molar-refractivity contribution in [2.24, 2.45) is 10.9 Å². The molecule has 2 aromatic heterocycles. The van der Waals surface area contributed by atoms with Crippen LogP contribution in [0.4, 0.5) is 0 Å². The van der Waals surface area contributed by atoms with E-state index in [4.69, 9.17) is 10.9 Å². The van der Waals surface area contributed by atoms with E-state index in [1.807, 2.05) is 23.8 Å². The molecule has 0 saturated heterocycles. The fraction of sp³-hybridized carbons (Fsp3) is 0.333. The van der Waals surface area contributed by atoms with E-state index in [9.17, 15) is 0 Å². The van der Waals surface area contributed by atoms with Crippen molar-refractivity contribution in [3.05, 3.63) is 29.9 Å². The number of amidine groups is 1. The monoisotopic (exact) mass is 264 g/mol. The van der Waals surface area contributed by atoms with Gasteiger partial charge in [-0.1, -0.05) is 11.2 Å². The first-order chi connectivity index (χ1) is 8.81. The Bertz CT molecular complexity index is 504. The van der Waals surface area contributed by atoms with Crippen LogP contribution in [0.3, 0.4) is 0 Å². The highest BCUT2D eigenvalue weighted by atomic mass is 32.1. The summed E-state index contributed by atoms with van der Waals surface area (Å²) in [5, 5.41) is 13.4. The Balaban J connectivity index is 1.89. The van der Waals surface area contributed by atoms with Gasteiger partial charge in [-0.05, 0) is 24.3 Å². The summed E-state index contributed by atoms with van der Waals surface area (Å²) in [6.45, 7) is 0.895. The summed E-state index contributed by atoms with van der Waals surface area (Å²) in [7, 11) is 0. The number of oxime groups is 1. The van der Waals surface area contributed by atoms with E-state index in [0.717, 1.165) is 25.2 Å². The van der Waals surface area contributed by atoms with Gasteiger partial charge in [-0.15, -0.1) is 11.3 Å². The summed E-state index contributed by atoms with van der Waals surface area (Å²) < 4.78 is 2.14. The van der Waals surface area contributed by atoms with Crippen LogP contribution in [0.5, 0.6) is 0 Å². The fourth-order valence-corrected chi connectivity index (χ4v) is 2.50. The highest BCUT2D eigenvalue weighted by Crippen LogP contribution is 2.23. The van der Waals surface area contributed by atoms with E-state index < -0.39 is 0 Å². The van der Waals surface area contributed by atoms with Gasteiger partial charge in [-0.25, -0.2) is 4.98 Å². The first-order valence-electron chi connectivity index (χ1n) is 5.82. The summed E-state index contributed by atoms with van der Waals surface area (Å²) in [5.74, 6) is 1.30. The highest BCUT2D eigenvalue weighted by molar-refractivity contribution is 7.13. The van der Waals surface area contributed by atoms with Gasteiger partial charge < -0.3 is 15.5 Å². The Kier molecular flexibility index (Phi) is 4.35. The molecule has 0 fully saturated rings. The van der Waals surface area contributed by atoms with Gasteiger partial charge in [-0.3, -0.25) is 0 Å². The smallest absolute Gasteiger partial charge is 0.149 e. The number of aromatic nitrogens is 2. The summed E-state index contributed by atoms with van der Waals surface area (Å²) in [5.41, 5.74) is 5.42. The van der Waals surface area contributed by atoms with Gasteiger partial charge >= 0.3 is 0 Å². The largest absolute Gasteiger partial charge is 0.409 e. The normalized spacial score (nSPS) is 11.9. The molecule has 2 heterocycles. The third-order valence-electron chi connectivity index (χ3n) is 2.67. The number of unbranched alkanes of at least 4 members (excludes halogenated alkanes) is 1. The predicted octanol–water partition coefficient (Wildman–Crippen LogP) is 2.53. The van der Waals surface area contributed by atoms with Crippen molar-refractivity contribution in [3.63, 3.8) is 0 Å².